The summed E-state index contributed by atoms with van der Waals surface area (Å²) in [6.07, 6.45) is 4.43. The Morgan fingerprint density at radius 3 is 2.33 bits per heavy atom. The Labute approximate surface area is 350 Å². The SMILES string of the molecule is CN(CCCCC(=O)Nc1ccc(CNCC(O)c2ccc(O)c3[nH]c(=O)ccc23)cc1)C(=O)CCCc1ccc(-c2ccccc2)c(N(C(=O)O)C2CCC(N)CC2)c1. The van der Waals surface area contributed by atoms with Crippen molar-refractivity contribution in [2.45, 2.75) is 88.9 Å². The van der Waals surface area contributed by atoms with Gasteiger partial charge in [-0.3, -0.25) is 19.3 Å². The highest BCUT2D eigenvalue weighted by atomic mass is 16.4. The Morgan fingerprint density at radius 2 is 1.60 bits per heavy atom. The van der Waals surface area contributed by atoms with Crippen molar-refractivity contribution < 1.29 is 29.7 Å². The maximum atomic E-state index is 13.0. The summed E-state index contributed by atoms with van der Waals surface area (Å²) in [5, 5.41) is 38.0. The number of aromatic nitrogens is 1. The highest BCUT2D eigenvalue weighted by molar-refractivity contribution is 5.94. The first-order valence-electron chi connectivity index (χ1n) is 20.8. The number of phenols is 1. The number of nitrogens with one attached hydrogen (secondary N) is 3. The third-order valence-corrected chi connectivity index (χ3v) is 11.3. The van der Waals surface area contributed by atoms with E-state index in [1.807, 2.05) is 72.8 Å². The van der Waals surface area contributed by atoms with E-state index in [1.54, 1.807) is 24.1 Å². The summed E-state index contributed by atoms with van der Waals surface area (Å²) in [5.74, 6) is -0.137. The molecule has 0 bridgehead atoms. The molecule has 0 aliphatic heterocycles. The number of unbranched alkanes of at least 4 members (excludes halogenated alkanes) is 1. The summed E-state index contributed by atoms with van der Waals surface area (Å²) in [6, 6.07) is 29.2. The number of carbonyl (C=O) groups excluding carboxylic acids is 2. The summed E-state index contributed by atoms with van der Waals surface area (Å²) >= 11 is 0. The number of aliphatic hydroxyl groups is 1. The molecule has 5 aromatic rings. The van der Waals surface area contributed by atoms with Crippen LogP contribution < -0.4 is 26.8 Å². The van der Waals surface area contributed by atoms with Gasteiger partial charge in [0.2, 0.25) is 17.4 Å². The number of hydrogen-bond donors (Lipinski definition) is 7. The van der Waals surface area contributed by atoms with E-state index < -0.39 is 12.2 Å². The number of rotatable bonds is 18. The lowest BCUT2D eigenvalue weighted by atomic mass is 9.89. The molecule has 0 radical (unpaired) electrons. The molecule has 6 rings (SSSR count). The second-order valence-electron chi connectivity index (χ2n) is 15.7. The average molecular weight is 817 g/mol. The van der Waals surface area contributed by atoms with Crippen molar-refractivity contribution in [1.29, 1.82) is 0 Å². The van der Waals surface area contributed by atoms with Crippen LogP contribution >= 0.6 is 0 Å². The summed E-state index contributed by atoms with van der Waals surface area (Å²) < 4.78 is 0. The van der Waals surface area contributed by atoms with Gasteiger partial charge in [-0.25, -0.2) is 4.79 Å². The first-order chi connectivity index (χ1) is 29.0. The van der Waals surface area contributed by atoms with Crippen LogP contribution in [0.5, 0.6) is 5.75 Å². The van der Waals surface area contributed by atoms with Gasteiger partial charge in [-0.15, -0.1) is 0 Å². The number of carboxylic acid groups (broad SMARTS) is 1. The number of pyridine rings is 1. The molecule has 1 aromatic heterocycles. The number of aromatic amines is 1. The number of anilines is 2. The molecular formula is C47H56N6O7. The molecule has 8 N–H and O–H groups in total. The number of phenolic OH excluding ortho intramolecular Hbond substituents is 1. The van der Waals surface area contributed by atoms with Crippen LogP contribution in [0.4, 0.5) is 16.2 Å². The van der Waals surface area contributed by atoms with Gasteiger partial charge in [0, 0.05) is 74.3 Å². The van der Waals surface area contributed by atoms with Crippen LogP contribution in [-0.2, 0) is 22.6 Å². The Morgan fingerprint density at radius 1 is 0.867 bits per heavy atom. The number of H-pyrrole nitrogens is 1. The van der Waals surface area contributed by atoms with Crippen molar-refractivity contribution in [3.05, 3.63) is 124 Å². The molecule has 3 amide bonds. The summed E-state index contributed by atoms with van der Waals surface area (Å²) in [6.45, 7) is 1.27. The number of aliphatic hydroxyl groups excluding tert-OH is 1. The monoisotopic (exact) mass is 816 g/mol. The van der Waals surface area contributed by atoms with Gasteiger partial charge in [0.25, 0.3) is 0 Å². The number of aryl methyl sites for hydroxylation is 1. The van der Waals surface area contributed by atoms with Crippen LogP contribution in [0, 0.1) is 0 Å². The average Bonchev–Trinajstić information content (AvgIpc) is 3.24. The van der Waals surface area contributed by atoms with Crippen LogP contribution in [0.15, 0.2) is 102 Å². The lowest BCUT2D eigenvalue weighted by molar-refractivity contribution is -0.130. The second kappa shape index (κ2) is 20.8. The van der Waals surface area contributed by atoms with Crippen molar-refractivity contribution in [3.8, 4) is 16.9 Å². The Hall–Kier alpha value is -6.02. The highest BCUT2D eigenvalue weighted by Gasteiger charge is 2.31. The van der Waals surface area contributed by atoms with Gasteiger partial charge in [0.1, 0.15) is 5.75 Å². The normalized spacial score (nSPS) is 15.7. The third kappa shape index (κ3) is 11.6. The predicted molar refractivity (Wildman–Crippen MR) is 235 cm³/mol. The smallest absolute Gasteiger partial charge is 0.412 e. The molecule has 1 atom stereocenters. The van der Waals surface area contributed by atoms with E-state index in [4.69, 9.17) is 5.73 Å². The Kier molecular flexibility index (Phi) is 15.1. The maximum Gasteiger partial charge on any atom is 0.412 e. The number of aromatic hydroxyl groups is 1. The second-order valence-corrected chi connectivity index (χ2v) is 15.7. The molecule has 316 valence electrons. The molecule has 13 heteroatoms. The molecule has 1 heterocycles. The molecule has 4 aromatic carbocycles. The zero-order chi connectivity index (χ0) is 42.6. The first kappa shape index (κ1) is 43.6. The van der Waals surface area contributed by atoms with Crippen LogP contribution in [0.3, 0.4) is 0 Å². The minimum absolute atomic E-state index is 0.0294. The number of benzene rings is 4. The lowest BCUT2D eigenvalue weighted by Crippen LogP contribution is -2.44. The van der Waals surface area contributed by atoms with Gasteiger partial charge in [0.05, 0.1) is 17.3 Å². The zero-order valence-electron chi connectivity index (χ0n) is 34.1. The molecular weight excluding hydrogens is 761 g/mol. The van der Waals surface area contributed by atoms with Crippen molar-refractivity contribution in [2.75, 3.05) is 30.4 Å². The van der Waals surface area contributed by atoms with E-state index in [9.17, 15) is 34.5 Å². The van der Waals surface area contributed by atoms with Crippen molar-refractivity contribution in [1.82, 2.24) is 15.2 Å². The molecule has 60 heavy (non-hydrogen) atoms. The van der Waals surface area contributed by atoms with Gasteiger partial charge in [-0.2, -0.15) is 0 Å². The fourth-order valence-electron chi connectivity index (χ4n) is 7.95. The molecule has 1 aliphatic carbocycles. The minimum atomic E-state index is -0.975. The van der Waals surface area contributed by atoms with Crippen molar-refractivity contribution >= 4 is 40.2 Å². The van der Waals surface area contributed by atoms with E-state index in [-0.39, 0.29) is 47.3 Å². The van der Waals surface area contributed by atoms with E-state index in [0.29, 0.717) is 73.9 Å². The number of fused-ring (bicyclic) bond motifs is 1. The maximum absolute atomic E-state index is 13.0. The Balaban J connectivity index is 0.905. The first-order valence-corrected chi connectivity index (χ1v) is 20.8. The quantitative estimate of drug-likeness (QED) is 0.0452. The number of nitrogens with two attached hydrogens (primary N) is 1. The minimum Gasteiger partial charge on any atom is -0.506 e. The summed E-state index contributed by atoms with van der Waals surface area (Å²) in [7, 11) is 1.78. The fraction of sp³-hybridized carbons (Fsp3) is 0.362. The van der Waals surface area contributed by atoms with Crippen molar-refractivity contribution in [3.63, 3.8) is 0 Å². The van der Waals surface area contributed by atoms with E-state index in [2.05, 4.69) is 15.6 Å². The summed E-state index contributed by atoms with van der Waals surface area (Å²) in [4.78, 5) is 55.9. The van der Waals surface area contributed by atoms with Crippen molar-refractivity contribution in [2.24, 2.45) is 5.73 Å². The molecule has 13 nitrogen and oxygen atoms in total. The van der Waals surface area contributed by atoms with Crippen LogP contribution in [-0.4, -0.2) is 75.3 Å². The van der Waals surface area contributed by atoms with E-state index >= 15 is 0 Å². The lowest BCUT2D eigenvalue weighted by Gasteiger charge is -2.35. The standard InChI is InChI=1S/C47H56N6O7/c1-52(45(58)12-7-8-31-15-22-37(33-9-3-2-4-10-33)40(28-31)53(47(59)60)36-20-16-34(48)17-21-36)27-6-5-11-43(56)50-35-18-13-32(14-19-35)29-49-30-42(55)38-23-25-41(54)46-39(38)24-26-44(57)51-46/h2-4,9-10,13-15,18-19,22-26,28,34,36,42,49,54-55H,5-8,11-12,16-17,20-21,27,29-30,48H2,1H3,(H,50,56)(H,51,57)(H,59,60). The van der Waals surface area contributed by atoms with Gasteiger partial charge < -0.3 is 41.6 Å². The van der Waals surface area contributed by atoms with Crippen LogP contribution in [0.25, 0.3) is 22.0 Å². The molecule has 1 fully saturated rings. The van der Waals surface area contributed by atoms with Gasteiger partial charge in [-0.05, 0) is 104 Å². The van der Waals surface area contributed by atoms with E-state index in [1.165, 1.54) is 17.0 Å². The largest absolute Gasteiger partial charge is 0.506 e. The third-order valence-electron chi connectivity index (χ3n) is 11.3. The number of carbonyl (C=O) groups is 3. The highest BCUT2D eigenvalue weighted by Crippen LogP contribution is 2.36. The van der Waals surface area contributed by atoms with Crippen LogP contribution in [0.2, 0.25) is 0 Å². The Bertz CT molecular complexity index is 2290. The zero-order valence-corrected chi connectivity index (χ0v) is 34.1. The molecule has 1 saturated carbocycles. The van der Waals surface area contributed by atoms with Gasteiger partial charge in [0.15, 0.2) is 0 Å². The predicted octanol–water partition coefficient (Wildman–Crippen LogP) is 7.07. The van der Waals surface area contributed by atoms with Gasteiger partial charge in [-0.1, -0.05) is 60.7 Å². The van der Waals surface area contributed by atoms with Crippen LogP contribution in [0.1, 0.15) is 80.6 Å². The molecule has 1 aliphatic rings. The van der Waals surface area contributed by atoms with E-state index in [0.717, 1.165) is 47.9 Å². The van der Waals surface area contributed by atoms with Gasteiger partial charge >= 0.3 is 6.09 Å². The summed E-state index contributed by atoms with van der Waals surface area (Å²) in [5.41, 5.74) is 11.8. The fourth-order valence-corrected chi connectivity index (χ4v) is 7.95. The molecule has 0 saturated heterocycles. The number of nitrogens with zero attached hydrogens (tertiary/aromatic N) is 2. The number of hydrogen-bond acceptors (Lipinski definition) is 8. The molecule has 1 unspecified atom stereocenters. The number of amides is 3. The topological polar surface area (TPSA) is 201 Å². The molecule has 0 spiro atoms.